The van der Waals surface area contributed by atoms with Crippen LogP contribution in [0.25, 0.3) is 0 Å². The van der Waals surface area contributed by atoms with Gasteiger partial charge in [-0.15, -0.1) is 0 Å². The summed E-state index contributed by atoms with van der Waals surface area (Å²) in [5.41, 5.74) is 0.0498. The van der Waals surface area contributed by atoms with E-state index in [-0.39, 0.29) is 18.4 Å². The number of rotatable bonds is 4. The Hall–Kier alpha value is -1.49. The van der Waals surface area contributed by atoms with Crippen molar-refractivity contribution in [2.45, 2.75) is 18.9 Å². The molecule has 2 N–H and O–H groups in total. The van der Waals surface area contributed by atoms with Gasteiger partial charge in [0.25, 0.3) is 0 Å². The number of aliphatic hydroxyl groups excluding tert-OH is 1. The van der Waals surface area contributed by atoms with Crippen molar-refractivity contribution in [2.24, 2.45) is 0 Å². The zero-order chi connectivity index (χ0) is 11.4. The van der Waals surface area contributed by atoms with E-state index in [4.69, 9.17) is 5.11 Å². The Morgan fingerprint density at radius 2 is 1.80 bits per heavy atom. The van der Waals surface area contributed by atoms with Gasteiger partial charge in [-0.2, -0.15) is 0 Å². The summed E-state index contributed by atoms with van der Waals surface area (Å²) in [6, 6.07) is 2.65. The molecule has 0 heterocycles. The van der Waals surface area contributed by atoms with Crippen LogP contribution in [0.3, 0.4) is 0 Å². The van der Waals surface area contributed by atoms with Crippen LogP contribution in [0, 0.1) is 11.6 Å². The maximum atomic E-state index is 12.7. The highest BCUT2D eigenvalue weighted by molar-refractivity contribution is 5.66. The van der Waals surface area contributed by atoms with Gasteiger partial charge in [0, 0.05) is 12.5 Å². The molecule has 1 rings (SSSR count). The quantitative estimate of drug-likeness (QED) is 0.807. The average Bonchev–Trinajstić information content (AvgIpc) is 2.12. The van der Waals surface area contributed by atoms with Crippen molar-refractivity contribution in [3.05, 3.63) is 35.4 Å². The lowest BCUT2D eigenvalue weighted by molar-refractivity contribution is -0.137. The van der Waals surface area contributed by atoms with Crippen molar-refractivity contribution in [3.63, 3.8) is 0 Å². The SMILES string of the molecule is O=C(O)CCC(O)c1cc(F)cc(F)c1. The smallest absolute Gasteiger partial charge is 0.303 e. The summed E-state index contributed by atoms with van der Waals surface area (Å²) in [7, 11) is 0. The number of carboxylic acids is 1. The summed E-state index contributed by atoms with van der Waals surface area (Å²) < 4.78 is 25.4. The molecule has 0 amide bonds. The van der Waals surface area contributed by atoms with Gasteiger partial charge in [0.05, 0.1) is 6.10 Å². The number of halogens is 2. The minimum absolute atomic E-state index is 0.0498. The standard InChI is InChI=1S/C10H10F2O3/c11-7-3-6(4-8(12)5-7)9(13)1-2-10(14)15/h3-5,9,13H,1-2H2,(H,14,15). The summed E-state index contributed by atoms with van der Waals surface area (Å²) in [5, 5.41) is 17.8. The average molecular weight is 216 g/mol. The lowest BCUT2D eigenvalue weighted by atomic mass is 10.0. The highest BCUT2D eigenvalue weighted by Crippen LogP contribution is 2.20. The van der Waals surface area contributed by atoms with Crippen molar-refractivity contribution in [3.8, 4) is 0 Å². The van der Waals surface area contributed by atoms with Gasteiger partial charge in [-0.05, 0) is 24.1 Å². The molecule has 0 bridgehead atoms. The highest BCUT2D eigenvalue weighted by atomic mass is 19.1. The van der Waals surface area contributed by atoms with Crippen LogP contribution in [0.5, 0.6) is 0 Å². The zero-order valence-electron chi connectivity index (χ0n) is 7.78. The van der Waals surface area contributed by atoms with E-state index in [1.54, 1.807) is 0 Å². The van der Waals surface area contributed by atoms with Crippen LogP contribution in [-0.4, -0.2) is 16.2 Å². The lowest BCUT2D eigenvalue weighted by Gasteiger charge is -2.09. The summed E-state index contributed by atoms with van der Waals surface area (Å²) >= 11 is 0. The summed E-state index contributed by atoms with van der Waals surface area (Å²) in [6.45, 7) is 0. The lowest BCUT2D eigenvalue weighted by Crippen LogP contribution is -2.03. The Kier molecular flexibility index (Phi) is 3.74. The van der Waals surface area contributed by atoms with E-state index < -0.39 is 23.7 Å². The molecule has 0 saturated carbocycles. The number of aliphatic hydroxyl groups is 1. The van der Waals surface area contributed by atoms with Crippen molar-refractivity contribution in [1.82, 2.24) is 0 Å². The third kappa shape index (κ3) is 3.63. The first-order chi connectivity index (χ1) is 6.99. The first-order valence-electron chi connectivity index (χ1n) is 4.35. The number of carbonyl (C=O) groups is 1. The molecule has 0 aliphatic rings. The molecule has 0 aliphatic heterocycles. The first kappa shape index (κ1) is 11.6. The Bertz CT molecular complexity index is 345. The fourth-order valence-electron chi connectivity index (χ4n) is 1.19. The highest BCUT2D eigenvalue weighted by Gasteiger charge is 2.11. The van der Waals surface area contributed by atoms with Gasteiger partial charge in [0.15, 0.2) is 0 Å². The van der Waals surface area contributed by atoms with E-state index in [1.165, 1.54) is 0 Å². The topological polar surface area (TPSA) is 57.5 Å². The summed E-state index contributed by atoms with van der Waals surface area (Å²) in [4.78, 5) is 10.2. The molecule has 0 fully saturated rings. The Morgan fingerprint density at radius 1 is 1.27 bits per heavy atom. The molecule has 0 saturated heterocycles. The number of aliphatic carboxylic acids is 1. The van der Waals surface area contributed by atoms with E-state index in [2.05, 4.69) is 0 Å². The van der Waals surface area contributed by atoms with Crippen molar-refractivity contribution in [1.29, 1.82) is 0 Å². The summed E-state index contributed by atoms with van der Waals surface area (Å²) in [5.74, 6) is -2.65. The van der Waals surface area contributed by atoms with Gasteiger partial charge < -0.3 is 10.2 Å². The predicted molar refractivity (Wildman–Crippen MR) is 48.2 cm³/mol. The minimum Gasteiger partial charge on any atom is -0.481 e. The second-order valence-corrected chi connectivity index (χ2v) is 3.15. The third-order valence-electron chi connectivity index (χ3n) is 1.90. The number of carboxylic acid groups (broad SMARTS) is 1. The van der Waals surface area contributed by atoms with E-state index in [9.17, 15) is 18.7 Å². The molecule has 15 heavy (non-hydrogen) atoms. The first-order valence-corrected chi connectivity index (χ1v) is 4.35. The molecular formula is C10H10F2O3. The predicted octanol–water partition coefficient (Wildman–Crippen LogP) is 1.86. The minimum atomic E-state index is -1.16. The molecule has 3 nitrogen and oxygen atoms in total. The Labute approximate surface area is 85.0 Å². The molecule has 0 aliphatic carbocycles. The van der Waals surface area contributed by atoms with Crippen molar-refractivity contribution in [2.75, 3.05) is 0 Å². The van der Waals surface area contributed by atoms with Crippen molar-refractivity contribution >= 4 is 5.97 Å². The van der Waals surface area contributed by atoms with Crippen LogP contribution in [-0.2, 0) is 4.79 Å². The molecule has 1 aromatic carbocycles. The van der Waals surface area contributed by atoms with E-state index in [0.717, 1.165) is 12.1 Å². The van der Waals surface area contributed by atoms with Gasteiger partial charge in [-0.1, -0.05) is 0 Å². The van der Waals surface area contributed by atoms with Gasteiger partial charge in [0.2, 0.25) is 0 Å². The van der Waals surface area contributed by atoms with Crippen LogP contribution < -0.4 is 0 Å². The van der Waals surface area contributed by atoms with E-state index >= 15 is 0 Å². The molecule has 82 valence electrons. The monoisotopic (exact) mass is 216 g/mol. The Morgan fingerprint density at radius 3 is 2.27 bits per heavy atom. The largest absolute Gasteiger partial charge is 0.481 e. The maximum Gasteiger partial charge on any atom is 0.303 e. The molecule has 5 heteroatoms. The fourth-order valence-corrected chi connectivity index (χ4v) is 1.19. The molecule has 1 aromatic rings. The van der Waals surface area contributed by atoms with Crippen LogP contribution in [0.2, 0.25) is 0 Å². The Balaban J connectivity index is 2.72. The van der Waals surface area contributed by atoms with Gasteiger partial charge in [-0.25, -0.2) is 8.78 Å². The van der Waals surface area contributed by atoms with Gasteiger partial charge >= 0.3 is 5.97 Å². The van der Waals surface area contributed by atoms with Gasteiger partial charge in [0.1, 0.15) is 11.6 Å². The number of hydrogen-bond acceptors (Lipinski definition) is 2. The molecule has 0 aromatic heterocycles. The van der Waals surface area contributed by atoms with Crippen LogP contribution in [0.1, 0.15) is 24.5 Å². The number of hydrogen-bond donors (Lipinski definition) is 2. The van der Waals surface area contributed by atoms with Crippen LogP contribution in [0.4, 0.5) is 8.78 Å². The molecule has 0 spiro atoms. The van der Waals surface area contributed by atoms with E-state index in [0.29, 0.717) is 6.07 Å². The molecule has 1 atom stereocenters. The van der Waals surface area contributed by atoms with Crippen LogP contribution >= 0.6 is 0 Å². The maximum absolute atomic E-state index is 12.7. The molecule has 1 unspecified atom stereocenters. The summed E-state index contributed by atoms with van der Waals surface area (Å²) in [6.07, 6.45) is -1.48. The fraction of sp³-hybridized carbons (Fsp3) is 0.300. The number of benzene rings is 1. The van der Waals surface area contributed by atoms with Crippen molar-refractivity contribution < 1.29 is 23.8 Å². The van der Waals surface area contributed by atoms with E-state index in [1.807, 2.05) is 0 Å². The molecular weight excluding hydrogens is 206 g/mol. The third-order valence-corrected chi connectivity index (χ3v) is 1.90. The normalized spacial score (nSPS) is 12.5. The molecule has 0 radical (unpaired) electrons. The van der Waals surface area contributed by atoms with Crippen LogP contribution in [0.15, 0.2) is 18.2 Å². The second-order valence-electron chi connectivity index (χ2n) is 3.15. The zero-order valence-corrected chi connectivity index (χ0v) is 7.78. The second kappa shape index (κ2) is 4.84. The van der Waals surface area contributed by atoms with Gasteiger partial charge in [-0.3, -0.25) is 4.79 Å².